The summed E-state index contributed by atoms with van der Waals surface area (Å²) in [6, 6.07) is 0. The predicted molar refractivity (Wildman–Crippen MR) is 110 cm³/mol. The number of ether oxygens (including phenoxy) is 1. The second-order valence-electron chi connectivity index (χ2n) is 7.53. The van der Waals surface area contributed by atoms with Crippen molar-refractivity contribution in [2.45, 2.75) is 58.0 Å². The van der Waals surface area contributed by atoms with Gasteiger partial charge in [-0.2, -0.15) is 0 Å². The Morgan fingerprint density at radius 3 is 1.58 bits per heavy atom. The van der Waals surface area contributed by atoms with Gasteiger partial charge < -0.3 is 25.0 Å². The summed E-state index contributed by atoms with van der Waals surface area (Å²) < 4.78 is 4.82. The highest BCUT2D eigenvalue weighted by atomic mass is 16.7. The molecule has 2 aliphatic rings. The Morgan fingerprint density at radius 2 is 1.17 bits per heavy atom. The molecule has 1 atom stereocenters. The summed E-state index contributed by atoms with van der Waals surface area (Å²) in [5, 5.41) is 5.28. The van der Waals surface area contributed by atoms with Gasteiger partial charge in [0, 0.05) is 45.7 Å². The van der Waals surface area contributed by atoms with Crippen LogP contribution in [-0.2, 0) is 57.6 Å². The average Bonchev–Trinajstić information content (AvgIpc) is 3.28. The fraction of sp³-hybridized carbons (Fsp3) is 0.550. The van der Waals surface area contributed by atoms with Gasteiger partial charge in [0.15, 0.2) is 6.10 Å². The van der Waals surface area contributed by atoms with Crippen LogP contribution in [0.5, 0.6) is 0 Å². The molecule has 16 heteroatoms. The predicted octanol–water partition coefficient (Wildman–Crippen LogP) is -2.46. The maximum absolute atomic E-state index is 12.3. The molecular weight excluding hydrogens is 488 g/mol. The van der Waals surface area contributed by atoms with Gasteiger partial charge in [0.1, 0.15) is 0 Å². The molecule has 0 saturated carbocycles. The van der Waals surface area contributed by atoms with E-state index in [2.05, 4.69) is 20.3 Å². The number of nitrogens with zero attached hydrogens (tertiary/aromatic N) is 2. The molecule has 2 rings (SSSR count). The lowest BCUT2D eigenvalue weighted by atomic mass is 10.2. The molecular formula is C20H24N4O12. The van der Waals surface area contributed by atoms with Crippen LogP contribution in [0.3, 0.4) is 0 Å². The molecule has 196 valence electrons. The molecule has 36 heavy (non-hydrogen) atoms. The molecule has 0 unspecified atom stereocenters. The van der Waals surface area contributed by atoms with E-state index in [0.717, 1.165) is 6.92 Å². The third kappa shape index (κ3) is 8.44. The Balaban J connectivity index is 1.73. The summed E-state index contributed by atoms with van der Waals surface area (Å²) in [7, 11) is 0. The van der Waals surface area contributed by atoms with Crippen LogP contribution < -0.4 is 10.6 Å². The van der Waals surface area contributed by atoms with Crippen LogP contribution in [0.2, 0.25) is 0 Å². The van der Waals surface area contributed by atoms with Crippen molar-refractivity contribution in [3.63, 3.8) is 0 Å². The molecule has 16 nitrogen and oxygen atoms in total. The Bertz CT molecular complexity index is 946. The minimum atomic E-state index is -1.56. The van der Waals surface area contributed by atoms with E-state index in [1.54, 1.807) is 0 Å². The van der Waals surface area contributed by atoms with Crippen LogP contribution >= 0.6 is 0 Å². The molecule has 0 aromatic heterocycles. The maximum atomic E-state index is 12.3. The average molecular weight is 512 g/mol. The van der Waals surface area contributed by atoms with Gasteiger partial charge in [0.2, 0.25) is 5.91 Å². The highest BCUT2D eigenvalue weighted by Gasteiger charge is 2.34. The van der Waals surface area contributed by atoms with E-state index in [-0.39, 0.29) is 38.8 Å². The number of hydroxylamine groups is 4. The van der Waals surface area contributed by atoms with Crippen LogP contribution in [0.25, 0.3) is 0 Å². The van der Waals surface area contributed by atoms with E-state index in [1.807, 2.05) is 0 Å². The topological polar surface area (TPSA) is 212 Å². The molecule has 0 bridgehead atoms. The van der Waals surface area contributed by atoms with E-state index in [9.17, 15) is 43.2 Å². The van der Waals surface area contributed by atoms with Crippen LogP contribution in [-0.4, -0.2) is 82.7 Å². The number of hydrogen-bond donors (Lipinski definition) is 2. The van der Waals surface area contributed by atoms with E-state index >= 15 is 0 Å². The molecule has 0 aromatic carbocycles. The van der Waals surface area contributed by atoms with Gasteiger partial charge >= 0.3 is 17.9 Å². The third-order valence-electron chi connectivity index (χ3n) is 4.65. The van der Waals surface area contributed by atoms with Crippen LogP contribution in [0.4, 0.5) is 0 Å². The second-order valence-corrected chi connectivity index (χ2v) is 7.53. The number of rotatable bonds is 12. The van der Waals surface area contributed by atoms with E-state index in [4.69, 9.17) is 4.74 Å². The molecule has 2 saturated heterocycles. The number of amides is 6. The number of imide groups is 2. The Morgan fingerprint density at radius 1 is 0.750 bits per heavy atom. The van der Waals surface area contributed by atoms with Gasteiger partial charge in [-0.3, -0.25) is 33.6 Å². The fourth-order valence-electron chi connectivity index (χ4n) is 2.94. The first-order valence-corrected chi connectivity index (χ1v) is 10.8. The first kappa shape index (κ1) is 27.9. The smallest absolute Gasteiger partial charge is 0.334 e. The normalized spacial score (nSPS) is 16.0. The summed E-state index contributed by atoms with van der Waals surface area (Å²) >= 11 is 0. The molecule has 6 amide bonds. The van der Waals surface area contributed by atoms with Gasteiger partial charge in [-0.05, 0) is 0 Å². The molecule has 0 aliphatic carbocycles. The van der Waals surface area contributed by atoms with Crippen LogP contribution in [0.15, 0.2) is 0 Å². The van der Waals surface area contributed by atoms with Crippen LogP contribution in [0.1, 0.15) is 51.9 Å². The molecule has 2 heterocycles. The highest BCUT2D eigenvalue weighted by molar-refractivity contribution is 6.02. The van der Waals surface area contributed by atoms with Gasteiger partial charge in [-0.1, -0.05) is 0 Å². The van der Waals surface area contributed by atoms with Crippen molar-refractivity contribution in [2.75, 3.05) is 13.1 Å². The number of esters is 1. The molecule has 2 aliphatic heterocycles. The van der Waals surface area contributed by atoms with Crippen molar-refractivity contribution in [2.24, 2.45) is 0 Å². The highest BCUT2D eigenvalue weighted by Crippen LogP contribution is 2.13. The Labute approximate surface area is 203 Å². The van der Waals surface area contributed by atoms with Crippen molar-refractivity contribution in [1.82, 2.24) is 20.8 Å². The van der Waals surface area contributed by atoms with Gasteiger partial charge in [-0.15, -0.1) is 10.1 Å². The Hall–Kier alpha value is -4.37. The first-order valence-electron chi connectivity index (χ1n) is 10.8. The maximum Gasteiger partial charge on any atom is 0.334 e. The van der Waals surface area contributed by atoms with E-state index < -0.39 is 78.7 Å². The van der Waals surface area contributed by atoms with Crippen molar-refractivity contribution >= 4 is 53.4 Å². The fourth-order valence-corrected chi connectivity index (χ4v) is 2.94. The van der Waals surface area contributed by atoms with E-state index in [1.165, 1.54) is 0 Å². The largest absolute Gasteiger partial charge is 0.452 e. The van der Waals surface area contributed by atoms with Crippen molar-refractivity contribution in [3.05, 3.63) is 0 Å². The lowest BCUT2D eigenvalue weighted by molar-refractivity contribution is -0.197. The summed E-state index contributed by atoms with van der Waals surface area (Å²) in [4.78, 5) is 114. The zero-order valence-electron chi connectivity index (χ0n) is 19.2. The summed E-state index contributed by atoms with van der Waals surface area (Å²) in [6.45, 7) is 0.436. The van der Waals surface area contributed by atoms with Gasteiger partial charge in [-0.25, -0.2) is 9.59 Å². The summed E-state index contributed by atoms with van der Waals surface area (Å²) in [5.74, 6) is -7.10. The quantitative estimate of drug-likeness (QED) is 0.206. The monoisotopic (exact) mass is 512 g/mol. The SMILES string of the molecule is CC(=O)O[C@H](CC(=O)NCCC(=O)ON1C(=O)CCC1=O)C(=O)NCCC(=O)ON1C(=O)CCC1=O. The zero-order valence-corrected chi connectivity index (χ0v) is 19.2. The Kier molecular flexibility index (Phi) is 10.00. The van der Waals surface area contributed by atoms with Crippen molar-refractivity contribution in [3.8, 4) is 0 Å². The molecule has 2 fully saturated rings. The molecule has 2 N–H and O–H groups in total. The van der Waals surface area contributed by atoms with Crippen molar-refractivity contribution in [1.29, 1.82) is 0 Å². The van der Waals surface area contributed by atoms with Crippen LogP contribution in [0, 0.1) is 0 Å². The standard InChI is InChI=1S/C20H24N4O12/c1-11(25)34-12(20(33)22-9-7-19(32)36-24-16(29)4-5-17(24)30)10-13(26)21-8-6-18(31)35-23-14(27)2-3-15(23)28/h12H,2-10H2,1H3,(H,21,26)(H,22,33)/t12-/m1/s1. The number of carbonyl (C=O) groups excluding carboxylic acids is 9. The summed E-state index contributed by atoms with van der Waals surface area (Å²) in [6.07, 6.45) is -3.29. The zero-order chi connectivity index (χ0) is 26.8. The van der Waals surface area contributed by atoms with Gasteiger partial charge in [0.25, 0.3) is 29.5 Å². The first-order chi connectivity index (χ1) is 17.0. The number of hydrogen-bond acceptors (Lipinski definition) is 12. The summed E-state index contributed by atoms with van der Waals surface area (Å²) in [5.41, 5.74) is 0. The van der Waals surface area contributed by atoms with Gasteiger partial charge in [0.05, 0.1) is 19.3 Å². The number of carbonyl (C=O) groups is 9. The third-order valence-corrected chi connectivity index (χ3v) is 4.65. The molecule has 0 radical (unpaired) electrons. The number of nitrogens with one attached hydrogen (secondary N) is 2. The molecule has 0 aromatic rings. The minimum Gasteiger partial charge on any atom is -0.452 e. The lowest BCUT2D eigenvalue weighted by Gasteiger charge is -2.17. The van der Waals surface area contributed by atoms with Crippen molar-refractivity contribution < 1.29 is 57.6 Å². The second kappa shape index (κ2) is 12.9. The van der Waals surface area contributed by atoms with E-state index in [0.29, 0.717) is 10.1 Å². The lowest BCUT2D eigenvalue weighted by Crippen LogP contribution is -2.42. The molecule has 0 spiro atoms. The minimum absolute atomic E-state index is 0.0680.